The third-order valence-electron chi connectivity index (χ3n) is 2.72. The van der Waals surface area contributed by atoms with Crippen LogP contribution in [0.3, 0.4) is 0 Å². The molecule has 0 aliphatic rings. The summed E-state index contributed by atoms with van der Waals surface area (Å²) in [5, 5.41) is 3.25. The number of halogens is 1. The molecule has 0 heterocycles. The van der Waals surface area contributed by atoms with Gasteiger partial charge in [0.15, 0.2) is 0 Å². The van der Waals surface area contributed by atoms with Crippen LogP contribution in [0.1, 0.15) is 5.56 Å². The zero-order chi connectivity index (χ0) is 12.8. The summed E-state index contributed by atoms with van der Waals surface area (Å²) >= 11 is 0. The first-order chi connectivity index (χ1) is 8.78. The van der Waals surface area contributed by atoms with Gasteiger partial charge < -0.3 is 10.1 Å². The predicted molar refractivity (Wildman–Crippen MR) is 71.6 cm³/mol. The Bertz CT molecular complexity index is 496. The van der Waals surface area contributed by atoms with Gasteiger partial charge in [0.05, 0.1) is 7.11 Å². The van der Waals surface area contributed by atoms with Crippen LogP contribution in [0.5, 0.6) is 5.75 Å². The highest BCUT2D eigenvalue weighted by Crippen LogP contribution is 2.13. The molecule has 0 amide bonds. The summed E-state index contributed by atoms with van der Waals surface area (Å²) in [6, 6.07) is 14.4. The molecule has 0 atom stereocenters. The van der Waals surface area contributed by atoms with E-state index in [-0.39, 0.29) is 5.82 Å². The fourth-order valence-corrected chi connectivity index (χ4v) is 1.75. The summed E-state index contributed by atoms with van der Waals surface area (Å²) in [7, 11) is 1.66. The number of methoxy groups -OCH3 is 1. The van der Waals surface area contributed by atoms with Crippen molar-refractivity contribution in [1.29, 1.82) is 0 Å². The van der Waals surface area contributed by atoms with Crippen molar-refractivity contribution < 1.29 is 9.13 Å². The monoisotopic (exact) mass is 245 g/mol. The van der Waals surface area contributed by atoms with Crippen molar-refractivity contribution >= 4 is 5.69 Å². The first kappa shape index (κ1) is 12.4. The van der Waals surface area contributed by atoms with Gasteiger partial charge in [-0.15, -0.1) is 0 Å². The van der Waals surface area contributed by atoms with E-state index in [9.17, 15) is 4.39 Å². The molecule has 0 fully saturated rings. The van der Waals surface area contributed by atoms with Crippen molar-refractivity contribution in [3.63, 3.8) is 0 Å². The van der Waals surface area contributed by atoms with E-state index >= 15 is 0 Å². The van der Waals surface area contributed by atoms with E-state index in [1.807, 2.05) is 18.2 Å². The molecule has 3 heteroatoms. The Morgan fingerprint density at radius 2 is 1.89 bits per heavy atom. The van der Waals surface area contributed by atoms with E-state index in [0.717, 1.165) is 24.4 Å². The first-order valence-corrected chi connectivity index (χ1v) is 5.90. The molecule has 0 saturated heterocycles. The average molecular weight is 245 g/mol. The summed E-state index contributed by atoms with van der Waals surface area (Å²) in [5.41, 5.74) is 2.14. The summed E-state index contributed by atoms with van der Waals surface area (Å²) in [5.74, 6) is 0.655. The minimum absolute atomic E-state index is 0.214. The molecule has 2 nitrogen and oxygen atoms in total. The summed E-state index contributed by atoms with van der Waals surface area (Å²) in [6.45, 7) is 0.804. The van der Waals surface area contributed by atoms with E-state index in [4.69, 9.17) is 4.74 Å². The second-order valence-corrected chi connectivity index (χ2v) is 4.04. The van der Waals surface area contributed by atoms with Crippen LogP contribution < -0.4 is 10.1 Å². The lowest BCUT2D eigenvalue weighted by Gasteiger charge is -2.07. The maximum absolute atomic E-state index is 12.7. The van der Waals surface area contributed by atoms with Crippen molar-refractivity contribution in [1.82, 2.24) is 0 Å². The van der Waals surface area contributed by atoms with E-state index in [1.165, 1.54) is 17.7 Å². The molecular weight excluding hydrogens is 229 g/mol. The van der Waals surface area contributed by atoms with E-state index in [1.54, 1.807) is 19.2 Å². The van der Waals surface area contributed by atoms with Gasteiger partial charge in [-0.05, 0) is 48.4 Å². The van der Waals surface area contributed by atoms with Crippen LogP contribution in [-0.2, 0) is 6.42 Å². The van der Waals surface area contributed by atoms with Crippen molar-refractivity contribution in [3.05, 3.63) is 59.9 Å². The first-order valence-electron chi connectivity index (χ1n) is 5.90. The fraction of sp³-hybridized carbons (Fsp3) is 0.200. The second kappa shape index (κ2) is 6.05. The maximum atomic E-state index is 12.7. The molecule has 1 N–H and O–H groups in total. The van der Waals surface area contributed by atoms with E-state index in [2.05, 4.69) is 11.4 Å². The van der Waals surface area contributed by atoms with E-state index in [0.29, 0.717) is 0 Å². The molecule has 0 spiro atoms. The number of benzene rings is 2. The number of hydrogen-bond donors (Lipinski definition) is 1. The van der Waals surface area contributed by atoms with Crippen LogP contribution in [0.25, 0.3) is 0 Å². The van der Waals surface area contributed by atoms with Gasteiger partial charge >= 0.3 is 0 Å². The Hall–Kier alpha value is -2.03. The predicted octanol–water partition coefficient (Wildman–Crippen LogP) is 3.49. The molecule has 0 aliphatic carbocycles. The normalized spacial score (nSPS) is 10.1. The lowest BCUT2D eigenvalue weighted by atomic mass is 10.1. The quantitative estimate of drug-likeness (QED) is 0.870. The van der Waals surface area contributed by atoms with Gasteiger partial charge in [-0.2, -0.15) is 0 Å². The standard InChI is InChI=1S/C15H16FNO/c1-18-15-4-2-3-12(11-15)9-10-17-14-7-5-13(16)6-8-14/h2-8,11,17H,9-10H2,1H3. The number of anilines is 1. The molecule has 2 rings (SSSR count). The smallest absolute Gasteiger partial charge is 0.123 e. The topological polar surface area (TPSA) is 21.3 Å². The number of nitrogens with one attached hydrogen (secondary N) is 1. The Labute approximate surface area is 106 Å². The Morgan fingerprint density at radius 3 is 2.61 bits per heavy atom. The zero-order valence-corrected chi connectivity index (χ0v) is 10.3. The molecule has 0 bridgehead atoms. The van der Waals surface area contributed by atoms with E-state index < -0.39 is 0 Å². The second-order valence-electron chi connectivity index (χ2n) is 4.04. The summed E-state index contributed by atoms with van der Waals surface area (Å²) in [6.07, 6.45) is 0.897. The van der Waals surface area contributed by atoms with Gasteiger partial charge in [-0.3, -0.25) is 0 Å². The molecule has 0 saturated carbocycles. The van der Waals surface area contributed by atoms with Crippen molar-refractivity contribution in [2.45, 2.75) is 6.42 Å². The van der Waals surface area contributed by atoms with Crippen LogP contribution in [0.2, 0.25) is 0 Å². The highest BCUT2D eigenvalue weighted by molar-refractivity contribution is 5.43. The lowest BCUT2D eigenvalue weighted by Crippen LogP contribution is -2.04. The zero-order valence-electron chi connectivity index (χ0n) is 10.3. The number of hydrogen-bond acceptors (Lipinski definition) is 2. The highest BCUT2D eigenvalue weighted by atomic mass is 19.1. The van der Waals surface area contributed by atoms with Crippen LogP contribution in [0.15, 0.2) is 48.5 Å². The van der Waals surface area contributed by atoms with Gasteiger partial charge in [0.2, 0.25) is 0 Å². The molecule has 0 unspecified atom stereocenters. The van der Waals surface area contributed by atoms with Gasteiger partial charge in [-0.1, -0.05) is 12.1 Å². The third-order valence-corrected chi connectivity index (χ3v) is 2.72. The van der Waals surface area contributed by atoms with Crippen molar-refractivity contribution in [2.75, 3.05) is 19.0 Å². The molecule has 2 aromatic rings. The van der Waals surface area contributed by atoms with Crippen LogP contribution in [-0.4, -0.2) is 13.7 Å². The van der Waals surface area contributed by atoms with Gasteiger partial charge in [0, 0.05) is 12.2 Å². The summed E-state index contributed by atoms with van der Waals surface area (Å²) < 4.78 is 17.9. The molecule has 0 radical (unpaired) electrons. The van der Waals surface area contributed by atoms with Crippen molar-refractivity contribution in [3.8, 4) is 5.75 Å². The van der Waals surface area contributed by atoms with Crippen LogP contribution in [0, 0.1) is 5.82 Å². The number of ether oxygens (including phenoxy) is 1. The number of rotatable bonds is 5. The van der Waals surface area contributed by atoms with Crippen LogP contribution >= 0.6 is 0 Å². The maximum Gasteiger partial charge on any atom is 0.123 e. The largest absolute Gasteiger partial charge is 0.497 e. The lowest BCUT2D eigenvalue weighted by molar-refractivity contribution is 0.414. The summed E-state index contributed by atoms with van der Waals surface area (Å²) in [4.78, 5) is 0. The van der Waals surface area contributed by atoms with Gasteiger partial charge in [0.1, 0.15) is 11.6 Å². The van der Waals surface area contributed by atoms with Gasteiger partial charge in [-0.25, -0.2) is 4.39 Å². The molecule has 94 valence electrons. The molecule has 0 aromatic heterocycles. The van der Waals surface area contributed by atoms with Gasteiger partial charge in [0.25, 0.3) is 0 Å². The molecular formula is C15H16FNO. The minimum atomic E-state index is -0.214. The Balaban J connectivity index is 1.86. The average Bonchev–Trinajstić information content (AvgIpc) is 2.41. The molecule has 18 heavy (non-hydrogen) atoms. The van der Waals surface area contributed by atoms with Crippen LogP contribution in [0.4, 0.5) is 10.1 Å². The SMILES string of the molecule is COc1cccc(CCNc2ccc(F)cc2)c1. The highest BCUT2D eigenvalue weighted by Gasteiger charge is 1.97. The minimum Gasteiger partial charge on any atom is -0.497 e. The Morgan fingerprint density at radius 1 is 1.11 bits per heavy atom. The van der Waals surface area contributed by atoms with Crippen molar-refractivity contribution in [2.24, 2.45) is 0 Å². The third kappa shape index (κ3) is 3.48. The molecule has 0 aliphatic heterocycles. The molecule has 2 aromatic carbocycles. The Kier molecular flexibility index (Phi) is 4.18. The fourth-order valence-electron chi connectivity index (χ4n) is 1.75.